The van der Waals surface area contributed by atoms with Gasteiger partial charge in [-0.25, -0.2) is 0 Å². The van der Waals surface area contributed by atoms with Gasteiger partial charge in [0, 0.05) is 0 Å². The average Bonchev–Trinajstić information content (AvgIpc) is 2.27. The quantitative estimate of drug-likeness (QED) is 0.810. The van der Waals surface area contributed by atoms with E-state index in [1.54, 1.807) is 0 Å². The summed E-state index contributed by atoms with van der Waals surface area (Å²) in [5, 5.41) is 21.3. The Hall–Kier alpha value is -0.860. The van der Waals surface area contributed by atoms with Gasteiger partial charge in [0.2, 0.25) is 0 Å². The lowest BCUT2D eigenvalue weighted by Crippen LogP contribution is -2.39. The zero-order valence-electron chi connectivity index (χ0n) is 11.9. The molecule has 0 aliphatic heterocycles. The van der Waals surface area contributed by atoms with Crippen LogP contribution in [-0.2, 0) is 0 Å². The molecule has 0 saturated carbocycles. The van der Waals surface area contributed by atoms with E-state index in [4.69, 9.17) is 0 Å². The molecule has 0 saturated heterocycles. The monoisotopic (exact) mass is 250 g/mol. The lowest BCUT2D eigenvalue weighted by Gasteiger charge is -2.36. The smallest absolute Gasteiger partial charge is 0.108 e. The van der Waals surface area contributed by atoms with Crippen molar-refractivity contribution >= 4 is 0 Å². The van der Waals surface area contributed by atoms with Crippen molar-refractivity contribution in [2.75, 3.05) is 0 Å². The van der Waals surface area contributed by atoms with Crippen molar-refractivity contribution in [3.8, 4) is 0 Å². The SMILES string of the molecule is CC(C)CC(O)(CC(C)C)C(O)c1ccccc1. The molecule has 18 heavy (non-hydrogen) atoms. The van der Waals surface area contributed by atoms with Crippen LogP contribution in [0.2, 0.25) is 0 Å². The average molecular weight is 250 g/mol. The Morgan fingerprint density at radius 3 is 1.78 bits per heavy atom. The van der Waals surface area contributed by atoms with Gasteiger partial charge in [-0.1, -0.05) is 58.0 Å². The van der Waals surface area contributed by atoms with Crippen LogP contribution in [0.1, 0.15) is 52.2 Å². The number of rotatable bonds is 6. The van der Waals surface area contributed by atoms with E-state index in [1.807, 2.05) is 30.3 Å². The first-order valence-corrected chi connectivity index (χ1v) is 6.80. The number of benzene rings is 1. The molecule has 2 heteroatoms. The lowest BCUT2D eigenvalue weighted by atomic mass is 9.78. The van der Waals surface area contributed by atoms with Crippen molar-refractivity contribution in [1.82, 2.24) is 0 Å². The molecule has 1 aromatic rings. The molecule has 0 amide bonds. The molecular weight excluding hydrogens is 224 g/mol. The van der Waals surface area contributed by atoms with Crippen molar-refractivity contribution in [3.63, 3.8) is 0 Å². The minimum atomic E-state index is -1.04. The molecule has 1 atom stereocenters. The van der Waals surface area contributed by atoms with Crippen LogP contribution in [0, 0.1) is 11.8 Å². The fraction of sp³-hybridized carbons (Fsp3) is 0.625. The Morgan fingerprint density at radius 2 is 1.39 bits per heavy atom. The Balaban J connectivity index is 2.95. The van der Waals surface area contributed by atoms with E-state index in [2.05, 4.69) is 27.7 Å². The molecule has 1 unspecified atom stereocenters. The second kappa shape index (κ2) is 6.35. The standard InChI is InChI=1S/C16H26O2/c1-12(2)10-16(18,11-13(3)4)15(17)14-8-6-5-7-9-14/h5-9,12-13,15,17-18H,10-11H2,1-4H3. The Bertz CT molecular complexity index is 333. The van der Waals surface area contributed by atoms with Crippen LogP contribution < -0.4 is 0 Å². The Kier molecular flexibility index (Phi) is 5.36. The Morgan fingerprint density at radius 1 is 0.944 bits per heavy atom. The van der Waals surface area contributed by atoms with Crippen LogP contribution in [-0.4, -0.2) is 15.8 Å². The molecule has 0 aliphatic rings. The van der Waals surface area contributed by atoms with Gasteiger partial charge in [-0.3, -0.25) is 0 Å². The van der Waals surface area contributed by atoms with Gasteiger partial charge in [0.15, 0.2) is 0 Å². The number of aliphatic hydroxyl groups is 2. The highest BCUT2D eigenvalue weighted by molar-refractivity contribution is 5.20. The molecule has 0 heterocycles. The number of hydrogen-bond donors (Lipinski definition) is 2. The molecule has 0 spiro atoms. The van der Waals surface area contributed by atoms with E-state index in [9.17, 15) is 10.2 Å². The molecule has 0 radical (unpaired) electrons. The molecular formula is C16H26O2. The summed E-state index contributed by atoms with van der Waals surface area (Å²) in [4.78, 5) is 0. The summed E-state index contributed by atoms with van der Waals surface area (Å²) >= 11 is 0. The topological polar surface area (TPSA) is 40.5 Å². The molecule has 2 nitrogen and oxygen atoms in total. The normalized spacial score (nSPS) is 14.2. The molecule has 2 N–H and O–H groups in total. The van der Waals surface area contributed by atoms with Gasteiger partial charge in [0.05, 0.1) is 5.60 Å². The van der Waals surface area contributed by atoms with E-state index in [0.29, 0.717) is 24.7 Å². The molecule has 102 valence electrons. The first-order chi connectivity index (χ1) is 8.35. The summed E-state index contributed by atoms with van der Waals surface area (Å²) in [5.74, 6) is 0.708. The molecule has 0 bridgehead atoms. The van der Waals surface area contributed by atoms with E-state index >= 15 is 0 Å². The highest BCUT2D eigenvalue weighted by atomic mass is 16.3. The van der Waals surface area contributed by atoms with Crippen LogP contribution in [0.5, 0.6) is 0 Å². The summed E-state index contributed by atoms with van der Waals surface area (Å²) in [7, 11) is 0. The van der Waals surface area contributed by atoms with Gasteiger partial charge in [-0.2, -0.15) is 0 Å². The lowest BCUT2D eigenvalue weighted by molar-refractivity contribution is -0.102. The van der Waals surface area contributed by atoms with Gasteiger partial charge in [-0.05, 0) is 30.2 Å². The highest BCUT2D eigenvalue weighted by Crippen LogP contribution is 2.36. The van der Waals surface area contributed by atoms with E-state index in [1.165, 1.54) is 0 Å². The molecule has 0 aliphatic carbocycles. The predicted molar refractivity (Wildman–Crippen MR) is 75.3 cm³/mol. The minimum Gasteiger partial charge on any atom is -0.387 e. The maximum Gasteiger partial charge on any atom is 0.108 e. The van der Waals surface area contributed by atoms with Gasteiger partial charge in [0.25, 0.3) is 0 Å². The summed E-state index contributed by atoms with van der Waals surface area (Å²) in [6, 6.07) is 9.44. The van der Waals surface area contributed by atoms with E-state index in [0.717, 1.165) is 5.56 Å². The largest absolute Gasteiger partial charge is 0.387 e. The van der Waals surface area contributed by atoms with Gasteiger partial charge < -0.3 is 10.2 Å². The van der Waals surface area contributed by atoms with Crippen LogP contribution in [0.25, 0.3) is 0 Å². The van der Waals surface area contributed by atoms with Crippen molar-refractivity contribution in [1.29, 1.82) is 0 Å². The molecule has 0 fully saturated rings. The summed E-state index contributed by atoms with van der Waals surface area (Å²) in [6.07, 6.45) is 0.408. The second-order valence-electron chi connectivity index (χ2n) is 6.11. The summed E-state index contributed by atoms with van der Waals surface area (Å²) in [6.45, 7) is 8.29. The first kappa shape index (κ1) is 15.2. The zero-order chi connectivity index (χ0) is 13.8. The molecule has 1 rings (SSSR count). The maximum absolute atomic E-state index is 10.8. The van der Waals surface area contributed by atoms with Crippen LogP contribution in [0.3, 0.4) is 0 Å². The van der Waals surface area contributed by atoms with Crippen LogP contribution in [0.4, 0.5) is 0 Å². The Labute approximate surface area is 111 Å². The highest BCUT2D eigenvalue weighted by Gasteiger charge is 2.37. The fourth-order valence-electron chi connectivity index (χ4n) is 2.67. The summed E-state index contributed by atoms with van der Waals surface area (Å²) in [5.41, 5.74) is -0.245. The van der Waals surface area contributed by atoms with Crippen molar-refractivity contribution in [3.05, 3.63) is 35.9 Å². The summed E-state index contributed by atoms with van der Waals surface area (Å²) < 4.78 is 0. The van der Waals surface area contributed by atoms with Crippen molar-refractivity contribution in [2.24, 2.45) is 11.8 Å². The van der Waals surface area contributed by atoms with Gasteiger partial charge in [-0.15, -0.1) is 0 Å². The third-order valence-electron chi connectivity index (χ3n) is 3.15. The second-order valence-corrected chi connectivity index (χ2v) is 6.11. The zero-order valence-corrected chi connectivity index (χ0v) is 11.9. The third kappa shape index (κ3) is 4.11. The van der Waals surface area contributed by atoms with E-state index < -0.39 is 11.7 Å². The van der Waals surface area contributed by atoms with Crippen LogP contribution in [0.15, 0.2) is 30.3 Å². The fourth-order valence-corrected chi connectivity index (χ4v) is 2.67. The van der Waals surface area contributed by atoms with Crippen LogP contribution >= 0.6 is 0 Å². The maximum atomic E-state index is 10.8. The molecule has 1 aromatic carbocycles. The first-order valence-electron chi connectivity index (χ1n) is 6.80. The van der Waals surface area contributed by atoms with E-state index in [-0.39, 0.29) is 0 Å². The van der Waals surface area contributed by atoms with Crippen molar-refractivity contribution in [2.45, 2.75) is 52.2 Å². The molecule has 0 aromatic heterocycles. The predicted octanol–water partition coefficient (Wildman–Crippen LogP) is 3.54. The number of aliphatic hydroxyl groups excluding tert-OH is 1. The van der Waals surface area contributed by atoms with Crippen molar-refractivity contribution < 1.29 is 10.2 Å². The third-order valence-corrected chi connectivity index (χ3v) is 3.15. The minimum absolute atomic E-state index is 0.354. The number of hydrogen-bond acceptors (Lipinski definition) is 2. The van der Waals surface area contributed by atoms with Gasteiger partial charge >= 0.3 is 0 Å². The van der Waals surface area contributed by atoms with Gasteiger partial charge in [0.1, 0.15) is 6.10 Å².